The zero-order valence-corrected chi connectivity index (χ0v) is 6.17. The molecule has 54 valence electrons. The van der Waals surface area contributed by atoms with Gasteiger partial charge in [0.05, 0.1) is 5.02 Å². The van der Waals surface area contributed by atoms with E-state index in [-0.39, 0.29) is 5.02 Å². The second kappa shape index (κ2) is 2.56. The third kappa shape index (κ3) is 1.12. The summed E-state index contributed by atoms with van der Waals surface area (Å²) >= 11 is 6.01. The van der Waals surface area contributed by atoms with Gasteiger partial charge in [0.2, 0.25) is 0 Å². The zero-order valence-electron chi connectivity index (χ0n) is 4.60. The van der Waals surface area contributed by atoms with Crippen molar-refractivity contribution in [1.82, 2.24) is 0 Å². The van der Waals surface area contributed by atoms with Gasteiger partial charge in [0.1, 0.15) is 5.56 Å². The number of carbonyl (C=O) groups is 1. The predicted octanol–water partition coefficient (Wildman–Crippen LogP) is 2.24. The summed E-state index contributed by atoms with van der Waals surface area (Å²) in [7, 11) is 0. The van der Waals surface area contributed by atoms with E-state index in [1.54, 1.807) is 0 Å². The molecule has 1 N–H and O–H groups in total. The van der Waals surface area contributed by atoms with Gasteiger partial charge in [0.15, 0.2) is 5.13 Å². The number of thiophene rings is 1. The highest BCUT2D eigenvalue weighted by atomic mass is 35.5. The van der Waals surface area contributed by atoms with Crippen molar-refractivity contribution >= 4 is 28.9 Å². The van der Waals surface area contributed by atoms with Crippen LogP contribution in [0.25, 0.3) is 0 Å². The van der Waals surface area contributed by atoms with Crippen LogP contribution in [0.5, 0.6) is 0 Å². The van der Waals surface area contributed by atoms with Gasteiger partial charge in [-0.25, -0.2) is 4.79 Å². The van der Waals surface area contributed by atoms with Crippen LogP contribution in [0.2, 0.25) is 5.02 Å². The van der Waals surface area contributed by atoms with Crippen LogP contribution in [0.15, 0.2) is 5.38 Å². The molecule has 0 amide bonds. The van der Waals surface area contributed by atoms with E-state index in [9.17, 15) is 9.18 Å². The lowest BCUT2D eigenvalue weighted by molar-refractivity contribution is 0.0693. The van der Waals surface area contributed by atoms with Gasteiger partial charge >= 0.3 is 5.97 Å². The third-order valence-electron chi connectivity index (χ3n) is 0.915. The molecule has 0 aromatic carbocycles. The molecule has 1 aromatic heterocycles. The minimum absolute atomic E-state index is 0.0463. The van der Waals surface area contributed by atoms with E-state index >= 15 is 0 Å². The molecule has 0 saturated heterocycles. The number of rotatable bonds is 1. The lowest BCUT2D eigenvalue weighted by Gasteiger charge is -1.87. The number of hydrogen-bond acceptors (Lipinski definition) is 2. The molecular formula is C5H2ClFO2S. The van der Waals surface area contributed by atoms with Crippen LogP contribution in [0.1, 0.15) is 10.4 Å². The van der Waals surface area contributed by atoms with E-state index < -0.39 is 16.7 Å². The monoisotopic (exact) mass is 180 g/mol. The van der Waals surface area contributed by atoms with Crippen molar-refractivity contribution in [3.63, 3.8) is 0 Å². The highest BCUT2D eigenvalue weighted by Gasteiger charge is 2.16. The standard InChI is InChI=1S/C5H2ClFO2S/c6-2-1-10-4(7)3(2)5(8)9/h1H,(H,8,9). The van der Waals surface area contributed by atoms with Crippen molar-refractivity contribution in [3.05, 3.63) is 21.1 Å². The van der Waals surface area contributed by atoms with Crippen LogP contribution in [0, 0.1) is 5.13 Å². The first-order valence-electron chi connectivity index (χ1n) is 2.28. The maximum Gasteiger partial charge on any atom is 0.341 e. The molecule has 1 rings (SSSR count). The number of hydrogen-bond donors (Lipinski definition) is 1. The maximum atomic E-state index is 12.4. The molecule has 0 atom stereocenters. The van der Waals surface area contributed by atoms with Gasteiger partial charge in [-0.05, 0) is 0 Å². The Balaban J connectivity index is 3.23. The van der Waals surface area contributed by atoms with Crippen LogP contribution in [-0.4, -0.2) is 11.1 Å². The van der Waals surface area contributed by atoms with E-state index in [0.717, 1.165) is 0 Å². The topological polar surface area (TPSA) is 37.3 Å². The van der Waals surface area contributed by atoms with E-state index in [2.05, 4.69) is 0 Å². The minimum atomic E-state index is -1.33. The Morgan fingerprint density at radius 2 is 2.40 bits per heavy atom. The van der Waals surface area contributed by atoms with Gasteiger partial charge in [0, 0.05) is 5.38 Å². The Hall–Kier alpha value is -0.610. The minimum Gasteiger partial charge on any atom is -0.478 e. The highest BCUT2D eigenvalue weighted by molar-refractivity contribution is 7.09. The molecule has 0 fully saturated rings. The summed E-state index contributed by atoms with van der Waals surface area (Å²) < 4.78 is 12.4. The Morgan fingerprint density at radius 3 is 2.60 bits per heavy atom. The molecule has 0 aliphatic heterocycles. The molecule has 0 spiro atoms. The van der Waals surface area contributed by atoms with Crippen molar-refractivity contribution in [3.8, 4) is 0 Å². The lowest BCUT2D eigenvalue weighted by atomic mass is 10.3. The Morgan fingerprint density at radius 1 is 1.80 bits per heavy atom. The smallest absolute Gasteiger partial charge is 0.341 e. The van der Waals surface area contributed by atoms with E-state index in [1.807, 2.05) is 0 Å². The van der Waals surface area contributed by atoms with Gasteiger partial charge in [-0.3, -0.25) is 0 Å². The van der Waals surface area contributed by atoms with Crippen LogP contribution < -0.4 is 0 Å². The maximum absolute atomic E-state index is 12.4. The molecule has 1 heterocycles. The fourth-order valence-electron chi connectivity index (χ4n) is 0.501. The SMILES string of the molecule is O=C(O)c1c(Cl)csc1F. The summed E-state index contributed by atoms with van der Waals surface area (Å²) in [6.07, 6.45) is 0. The molecule has 0 aliphatic rings. The molecule has 2 nitrogen and oxygen atoms in total. The van der Waals surface area contributed by atoms with Crippen LogP contribution >= 0.6 is 22.9 Å². The van der Waals surface area contributed by atoms with Gasteiger partial charge in [-0.1, -0.05) is 11.6 Å². The van der Waals surface area contributed by atoms with Crippen molar-refractivity contribution < 1.29 is 14.3 Å². The lowest BCUT2D eigenvalue weighted by Crippen LogP contribution is -1.96. The third-order valence-corrected chi connectivity index (χ3v) is 2.11. The number of carboxylic acid groups (broad SMARTS) is 1. The van der Waals surface area contributed by atoms with Crippen molar-refractivity contribution in [2.24, 2.45) is 0 Å². The second-order valence-electron chi connectivity index (χ2n) is 1.54. The Kier molecular flexibility index (Phi) is 1.92. The molecule has 1 aromatic rings. The van der Waals surface area contributed by atoms with Crippen LogP contribution in [0.4, 0.5) is 4.39 Å². The molecule has 0 unspecified atom stereocenters. The summed E-state index contributed by atoms with van der Waals surface area (Å²) in [5, 5.41) is 8.77. The van der Waals surface area contributed by atoms with Gasteiger partial charge < -0.3 is 5.11 Å². The van der Waals surface area contributed by atoms with Gasteiger partial charge in [0.25, 0.3) is 0 Å². The highest BCUT2D eigenvalue weighted by Crippen LogP contribution is 2.24. The molecule has 0 radical (unpaired) electrons. The largest absolute Gasteiger partial charge is 0.478 e. The van der Waals surface area contributed by atoms with Crippen molar-refractivity contribution in [1.29, 1.82) is 0 Å². The number of aromatic carboxylic acids is 1. The Labute approximate surface area is 64.9 Å². The summed E-state index contributed by atoms with van der Waals surface area (Å²) in [5.74, 6) is -1.33. The molecule has 0 bridgehead atoms. The fraction of sp³-hybridized carbons (Fsp3) is 0. The Bertz CT molecular complexity index is 251. The number of halogens is 2. The summed E-state index contributed by atoms with van der Waals surface area (Å²) in [4.78, 5) is 10.2. The zero-order chi connectivity index (χ0) is 7.72. The summed E-state index contributed by atoms with van der Waals surface area (Å²) in [6.45, 7) is 0. The quantitative estimate of drug-likeness (QED) is 0.720. The summed E-state index contributed by atoms with van der Waals surface area (Å²) in [6, 6.07) is 0. The first-order chi connectivity index (χ1) is 4.63. The van der Waals surface area contributed by atoms with Gasteiger partial charge in [-0.15, -0.1) is 11.3 Å². The van der Waals surface area contributed by atoms with Gasteiger partial charge in [-0.2, -0.15) is 4.39 Å². The summed E-state index contributed by atoms with van der Waals surface area (Å²) in [5.41, 5.74) is -0.438. The molecule has 5 heteroatoms. The van der Waals surface area contributed by atoms with Crippen LogP contribution in [0.3, 0.4) is 0 Å². The number of carboxylic acids is 1. The first kappa shape index (κ1) is 7.50. The van der Waals surface area contributed by atoms with E-state index in [4.69, 9.17) is 16.7 Å². The predicted molar refractivity (Wildman–Crippen MR) is 36.2 cm³/mol. The van der Waals surface area contributed by atoms with Crippen molar-refractivity contribution in [2.45, 2.75) is 0 Å². The van der Waals surface area contributed by atoms with E-state index in [1.165, 1.54) is 5.38 Å². The average Bonchev–Trinajstić information content (AvgIpc) is 2.11. The first-order valence-corrected chi connectivity index (χ1v) is 3.54. The second-order valence-corrected chi connectivity index (χ2v) is 2.77. The fourth-order valence-corrected chi connectivity index (χ4v) is 1.49. The molecular weight excluding hydrogens is 179 g/mol. The molecule has 0 saturated carbocycles. The van der Waals surface area contributed by atoms with Crippen molar-refractivity contribution in [2.75, 3.05) is 0 Å². The van der Waals surface area contributed by atoms with Crippen LogP contribution in [-0.2, 0) is 0 Å². The molecule has 10 heavy (non-hydrogen) atoms. The normalized spacial score (nSPS) is 9.80. The van der Waals surface area contributed by atoms with E-state index in [0.29, 0.717) is 11.3 Å². The molecule has 0 aliphatic carbocycles. The average molecular weight is 181 g/mol.